The van der Waals surface area contributed by atoms with Crippen LogP contribution in [-0.4, -0.2) is 96.7 Å². The van der Waals surface area contributed by atoms with Crippen LogP contribution in [0.15, 0.2) is 72.9 Å². The average Bonchev–Trinajstić information content (AvgIpc) is 0.935. The van der Waals surface area contributed by atoms with E-state index in [1.807, 2.05) is 12.2 Å². The Hall–Kier alpha value is -3.50. The second-order valence-corrected chi connectivity index (χ2v) is 29.9. The van der Waals surface area contributed by atoms with Crippen molar-refractivity contribution in [3.63, 3.8) is 0 Å². The van der Waals surface area contributed by atoms with E-state index >= 15 is 0 Å². The summed E-state index contributed by atoms with van der Waals surface area (Å²) in [6, 6.07) is 0. The van der Waals surface area contributed by atoms with Gasteiger partial charge in [0.2, 0.25) is 0 Å². The summed E-state index contributed by atoms with van der Waals surface area (Å²) in [5.74, 6) is -2.24. The van der Waals surface area contributed by atoms with Gasteiger partial charge in [-0.1, -0.05) is 345 Å². The fraction of sp³-hybridized carbons (Fsp3) is 0.802. The lowest BCUT2D eigenvalue weighted by molar-refractivity contribution is -0.161. The number of ether oxygens (including phenoxy) is 4. The second kappa shape index (κ2) is 73.8. The van der Waals surface area contributed by atoms with Crippen LogP contribution >= 0.6 is 15.6 Å². The third-order valence-corrected chi connectivity index (χ3v) is 19.1. The van der Waals surface area contributed by atoms with Crippen LogP contribution < -0.4 is 0 Å². The first-order chi connectivity index (χ1) is 48.7. The van der Waals surface area contributed by atoms with E-state index in [0.29, 0.717) is 32.1 Å². The van der Waals surface area contributed by atoms with E-state index in [4.69, 9.17) is 37.0 Å². The maximum Gasteiger partial charge on any atom is 0.472 e. The maximum atomic E-state index is 13.1. The lowest BCUT2D eigenvalue weighted by Gasteiger charge is -2.21. The first-order valence-corrected chi connectivity index (χ1v) is 43.2. The van der Waals surface area contributed by atoms with Crippen molar-refractivity contribution >= 4 is 39.5 Å². The van der Waals surface area contributed by atoms with Gasteiger partial charge in [0, 0.05) is 25.7 Å². The molecule has 0 aromatic heterocycles. The van der Waals surface area contributed by atoms with Crippen molar-refractivity contribution < 1.29 is 80.2 Å². The Morgan fingerprint density at radius 1 is 0.290 bits per heavy atom. The molecule has 3 N–H and O–H groups in total. The summed E-state index contributed by atoms with van der Waals surface area (Å²) in [6.45, 7) is 4.75. The summed E-state index contributed by atoms with van der Waals surface area (Å²) in [5, 5.41) is 10.6. The van der Waals surface area contributed by atoms with E-state index in [1.165, 1.54) is 173 Å². The molecule has 19 heteroatoms. The summed E-state index contributed by atoms with van der Waals surface area (Å²) >= 11 is 0. The van der Waals surface area contributed by atoms with Crippen molar-refractivity contribution in [3.8, 4) is 0 Å². The molecule has 0 heterocycles. The normalized spacial score (nSPS) is 14.3. The zero-order valence-electron chi connectivity index (χ0n) is 63.6. The molecule has 0 rings (SSSR count). The van der Waals surface area contributed by atoms with Crippen molar-refractivity contribution in [2.45, 2.75) is 380 Å². The zero-order chi connectivity index (χ0) is 73.2. The first-order valence-electron chi connectivity index (χ1n) is 40.2. The highest BCUT2D eigenvalue weighted by atomic mass is 31.2. The number of phosphoric acid groups is 2. The molecule has 0 fully saturated rings. The first kappa shape index (κ1) is 96.5. The van der Waals surface area contributed by atoms with Crippen LogP contribution in [0.3, 0.4) is 0 Å². The van der Waals surface area contributed by atoms with Crippen LogP contribution in [0.1, 0.15) is 362 Å². The molecule has 0 aliphatic heterocycles. The Bertz CT molecular complexity index is 2180. The lowest BCUT2D eigenvalue weighted by Crippen LogP contribution is -2.30. The SMILES string of the molecule is CC/C=C\C/C=C\C/C=C\C/C=C\C/C=C\C/C=C\CCC(=O)OC[C@H](COP(=O)(O)OC[C@@H](O)COP(=O)(O)OC[C@@H](COC(=O)CCCCCCCCCCCCCCCCC)OC(=O)CCCCCCCCCCCCCCC)OC(=O)CCCCCCCCCCCCCCC. The van der Waals surface area contributed by atoms with Crippen molar-refractivity contribution in [2.75, 3.05) is 39.6 Å². The van der Waals surface area contributed by atoms with Gasteiger partial charge in [-0.25, -0.2) is 9.13 Å². The van der Waals surface area contributed by atoms with Crippen molar-refractivity contribution in [2.24, 2.45) is 0 Å². The molecular formula is C81H146O17P2. The molecule has 0 saturated carbocycles. The van der Waals surface area contributed by atoms with Crippen molar-refractivity contribution in [1.29, 1.82) is 0 Å². The highest BCUT2D eigenvalue weighted by Gasteiger charge is 2.30. The third-order valence-electron chi connectivity index (χ3n) is 17.2. The van der Waals surface area contributed by atoms with Gasteiger partial charge >= 0.3 is 39.5 Å². The summed E-state index contributed by atoms with van der Waals surface area (Å²) < 4.78 is 68.5. The molecule has 17 nitrogen and oxygen atoms in total. The molecular weight excluding hydrogens is 1310 g/mol. The number of hydrogen-bond donors (Lipinski definition) is 3. The quantitative estimate of drug-likeness (QED) is 0.0169. The smallest absolute Gasteiger partial charge is 0.462 e. The minimum Gasteiger partial charge on any atom is -0.462 e. The van der Waals surface area contributed by atoms with Gasteiger partial charge < -0.3 is 33.8 Å². The number of allylic oxidation sites excluding steroid dienone is 12. The second-order valence-electron chi connectivity index (χ2n) is 27.0. The number of aliphatic hydroxyl groups excluding tert-OH is 1. The number of esters is 4. The summed E-state index contributed by atoms with van der Waals surface area (Å²) in [4.78, 5) is 72.9. The highest BCUT2D eigenvalue weighted by Crippen LogP contribution is 2.45. The third kappa shape index (κ3) is 72.8. The number of carbonyl (C=O) groups is 4. The van der Waals surface area contributed by atoms with Crippen LogP contribution in [-0.2, 0) is 65.4 Å². The van der Waals surface area contributed by atoms with Crippen LogP contribution in [0.4, 0.5) is 0 Å². The molecule has 0 aliphatic carbocycles. The molecule has 0 aromatic rings. The van der Waals surface area contributed by atoms with Crippen LogP contribution in [0.5, 0.6) is 0 Å². The number of phosphoric ester groups is 2. The molecule has 0 amide bonds. The van der Waals surface area contributed by atoms with E-state index < -0.39 is 97.5 Å². The van der Waals surface area contributed by atoms with Crippen LogP contribution in [0.2, 0.25) is 0 Å². The summed E-state index contributed by atoms with van der Waals surface area (Å²) in [7, 11) is -9.95. The minimum absolute atomic E-state index is 0.0404. The van der Waals surface area contributed by atoms with Gasteiger partial charge in [0.1, 0.15) is 19.3 Å². The largest absolute Gasteiger partial charge is 0.472 e. The summed E-state index contributed by atoms with van der Waals surface area (Å²) in [5.41, 5.74) is 0. The van der Waals surface area contributed by atoms with Crippen LogP contribution in [0.25, 0.3) is 0 Å². The zero-order valence-corrected chi connectivity index (χ0v) is 65.4. The van der Waals surface area contributed by atoms with Gasteiger partial charge in [0.15, 0.2) is 12.2 Å². The predicted molar refractivity (Wildman–Crippen MR) is 409 cm³/mol. The molecule has 0 aliphatic rings. The van der Waals surface area contributed by atoms with E-state index in [-0.39, 0.29) is 25.7 Å². The Labute approximate surface area is 609 Å². The van der Waals surface area contributed by atoms with E-state index in [2.05, 4.69) is 88.5 Å². The van der Waals surface area contributed by atoms with Gasteiger partial charge in [-0.15, -0.1) is 0 Å². The van der Waals surface area contributed by atoms with Gasteiger partial charge in [-0.2, -0.15) is 0 Å². The number of unbranched alkanes of at least 4 members (excludes halogenated alkanes) is 38. The predicted octanol–water partition coefficient (Wildman–Crippen LogP) is 23.2. The topological polar surface area (TPSA) is 237 Å². The fourth-order valence-electron chi connectivity index (χ4n) is 11.1. The van der Waals surface area contributed by atoms with Gasteiger partial charge in [0.05, 0.1) is 26.4 Å². The Balaban J connectivity index is 5.35. The Kier molecular flexibility index (Phi) is 71.2. The van der Waals surface area contributed by atoms with Gasteiger partial charge in [-0.3, -0.25) is 37.3 Å². The number of hydrogen-bond acceptors (Lipinski definition) is 15. The maximum absolute atomic E-state index is 13.1. The Morgan fingerprint density at radius 3 is 0.800 bits per heavy atom. The monoisotopic (exact) mass is 1450 g/mol. The fourth-order valence-corrected chi connectivity index (χ4v) is 12.7. The molecule has 0 aromatic carbocycles. The number of carbonyl (C=O) groups excluding carboxylic acids is 4. The number of aliphatic hydroxyl groups is 1. The Morgan fingerprint density at radius 2 is 0.520 bits per heavy atom. The highest BCUT2D eigenvalue weighted by molar-refractivity contribution is 7.47. The minimum atomic E-state index is -4.98. The molecule has 0 radical (unpaired) electrons. The molecule has 0 saturated heterocycles. The molecule has 100 heavy (non-hydrogen) atoms. The van der Waals surface area contributed by atoms with E-state index in [9.17, 15) is 43.2 Å². The lowest BCUT2D eigenvalue weighted by atomic mass is 10.0. The van der Waals surface area contributed by atoms with Crippen molar-refractivity contribution in [1.82, 2.24) is 0 Å². The molecule has 0 bridgehead atoms. The van der Waals surface area contributed by atoms with Gasteiger partial charge in [0.25, 0.3) is 0 Å². The average molecular weight is 1450 g/mol. The molecule has 582 valence electrons. The van der Waals surface area contributed by atoms with E-state index in [1.54, 1.807) is 0 Å². The molecule has 2 unspecified atom stereocenters. The van der Waals surface area contributed by atoms with E-state index in [0.717, 1.165) is 103 Å². The molecule has 0 spiro atoms. The van der Waals surface area contributed by atoms with Crippen LogP contribution in [0, 0.1) is 0 Å². The summed E-state index contributed by atoms with van der Waals surface area (Å²) in [6.07, 6.45) is 74.7. The van der Waals surface area contributed by atoms with Gasteiger partial charge in [-0.05, 0) is 64.2 Å². The number of rotatable bonds is 76. The standard InChI is InChI=1S/C81H146O17P2/c1-5-9-13-17-21-25-29-33-35-36-37-38-40-44-46-50-54-58-62-66-79(84)92-72-77(98-81(86)68-64-60-56-52-48-42-32-28-24-20-16-12-8-4)74-96-100(89,90)94-70-75(82)69-93-99(87,88)95-73-76(97-80(85)67-63-59-55-51-47-41-31-27-23-19-15-11-7-3)71-91-78(83)65-61-57-53-49-45-43-39-34-30-26-22-18-14-10-6-2/h9,13,21,25,33,35,37-38,44,46,54,58,75-77,82H,5-8,10-12,14-20,22-24,26-32,34,36,39-43,45,47-53,55-57,59-74H2,1-4H3,(H,87,88)(H,89,90)/b13-9-,25-21-,35-33-,38-37-,46-44-,58-54-/t75-,76+,77+/m0/s1. The van der Waals surface area contributed by atoms with Crippen molar-refractivity contribution in [3.05, 3.63) is 72.9 Å². The molecule has 5 atom stereocenters.